The topological polar surface area (TPSA) is 72.3 Å². The molecule has 1 aliphatic heterocycles. The molecule has 6 heteroatoms. The molecule has 4 rings (SSSR count). The van der Waals surface area contributed by atoms with Gasteiger partial charge in [-0.1, -0.05) is 12.1 Å². The lowest BCUT2D eigenvalue weighted by atomic mass is 9.98. The van der Waals surface area contributed by atoms with Crippen LogP contribution in [0.25, 0.3) is 5.65 Å². The molecule has 1 aromatic carbocycles. The minimum absolute atomic E-state index is 0.792. The molecule has 0 atom stereocenters. The number of benzene rings is 1. The highest BCUT2D eigenvalue weighted by Crippen LogP contribution is 2.27. The Hall–Kier alpha value is -2.63. The molecule has 0 spiro atoms. The van der Waals surface area contributed by atoms with Crippen molar-refractivity contribution in [2.45, 2.75) is 13.0 Å². The summed E-state index contributed by atoms with van der Waals surface area (Å²) in [4.78, 5) is 6.70. The second-order valence-electron chi connectivity index (χ2n) is 4.97. The fraction of sp³-hybridized carbons (Fsp3) is 0.214. The van der Waals surface area contributed by atoms with Crippen molar-refractivity contribution in [2.24, 2.45) is 0 Å². The van der Waals surface area contributed by atoms with Crippen LogP contribution in [-0.2, 0) is 13.0 Å². The van der Waals surface area contributed by atoms with Gasteiger partial charge in [-0.25, -0.2) is 4.98 Å². The molecule has 20 heavy (non-hydrogen) atoms. The first kappa shape index (κ1) is 11.2. The third-order valence-corrected chi connectivity index (χ3v) is 3.80. The zero-order valence-electron chi connectivity index (χ0n) is 10.9. The molecule has 0 saturated carbocycles. The molecule has 3 aromatic rings. The van der Waals surface area contributed by atoms with Crippen LogP contribution in [0.1, 0.15) is 11.1 Å². The molecule has 0 fully saturated rings. The lowest BCUT2D eigenvalue weighted by Gasteiger charge is -2.30. The highest BCUT2D eigenvalue weighted by molar-refractivity contribution is 5.65. The zero-order valence-corrected chi connectivity index (χ0v) is 10.9. The SMILES string of the molecule is Nc1cccc2c1CCN(c1nccn3cnnc13)C2. The first-order valence-electron chi connectivity index (χ1n) is 6.58. The molecule has 0 amide bonds. The average molecular weight is 266 g/mol. The predicted octanol–water partition coefficient (Wildman–Crippen LogP) is 1.27. The second-order valence-corrected chi connectivity index (χ2v) is 4.97. The Morgan fingerprint density at radius 2 is 2.20 bits per heavy atom. The molecule has 0 aliphatic carbocycles. The maximum atomic E-state index is 6.04. The molecule has 100 valence electrons. The van der Waals surface area contributed by atoms with Gasteiger partial charge in [0, 0.05) is 31.2 Å². The molecule has 2 N–H and O–H groups in total. The monoisotopic (exact) mass is 266 g/mol. The molecule has 2 aromatic heterocycles. The minimum Gasteiger partial charge on any atom is -0.398 e. The normalized spacial score (nSPS) is 14.5. The zero-order chi connectivity index (χ0) is 13.5. The first-order chi connectivity index (χ1) is 9.83. The van der Waals surface area contributed by atoms with Crippen LogP contribution < -0.4 is 10.6 Å². The Morgan fingerprint density at radius 1 is 1.25 bits per heavy atom. The van der Waals surface area contributed by atoms with Gasteiger partial charge in [-0.2, -0.15) is 0 Å². The molecule has 3 heterocycles. The van der Waals surface area contributed by atoms with Crippen molar-refractivity contribution in [3.05, 3.63) is 48.0 Å². The Labute approximate surface area is 115 Å². The maximum absolute atomic E-state index is 6.04. The van der Waals surface area contributed by atoms with E-state index in [0.717, 1.165) is 36.7 Å². The summed E-state index contributed by atoms with van der Waals surface area (Å²) in [6, 6.07) is 6.09. The quantitative estimate of drug-likeness (QED) is 0.671. The van der Waals surface area contributed by atoms with Gasteiger partial charge in [0.05, 0.1) is 0 Å². The summed E-state index contributed by atoms with van der Waals surface area (Å²) in [5, 5.41) is 8.09. The second kappa shape index (κ2) is 4.19. The fourth-order valence-electron chi connectivity index (χ4n) is 2.79. The van der Waals surface area contributed by atoms with Crippen LogP contribution in [0.5, 0.6) is 0 Å². The van der Waals surface area contributed by atoms with E-state index in [1.165, 1.54) is 11.1 Å². The lowest BCUT2D eigenvalue weighted by molar-refractivity contribution is 0.722. The van der Waals surface area contributed by atoms with Gasteiger partial charge in [0.2, 0.25) is 5.65 Å². The van der Waals surface area contributed by atoms with Crippen LogP contribution in [0.2, 0.25) is 0 Å². The van der Waals surface area contributed by atoms with E-state index in [4.69, 9.17) is 5.73 Å². The summed E-state index contributed by atoms with van der Waals surface area (Å²) in [6.07, 6.45) is 6.25. The highest BCUT2D eigenvalue weighted by Gasteiger charge is 2.21. The number of hydrogen-bond acceptors (Lipinski definition) is 5. The fourth-order valence-corrected chi connectivity index (χ4v) is 2.79. The van der Waals surface area contributed by atoms with Crippen molar-refractivity contribution in [3.63, 3.8) is 0 Å². The van der Waals surface area contributed by atoms with Gasteiger partial charge in [-0.05, 0) is 23.6 Å². The number of nitrogen functional groups attached to an aromatic ring is 1. The van der Waals surface area contributed by atoms with Gasteiger partial charge < -0.3 is 10.6 Å². The van der Waals surface area contributed by atoms with E-state index in [0.29, 0.717) is 0 Å². The Bertz CT molecular complexity index is 778. The number of anilines is 2. The van der Waals surface area contributed by atoms with Crippen LogP contribution in [-0.4, -0.2) is 26.1 Å². The van der Waals surface area contributed by atoms with Gasteiger partial charge in [0.25, 0.3) is 0 Å². The summed E-state index contributed by atoms with van der Waals surface area (Å²) in [7, 11) is 0. The molecular weight excluding hydrogens is 252 g/mol. The van der Waals surface area contributed by atoms with Crippen LogP contribution in [0.3, 0.4) is 0 Å². The van der Waals surface area contributed by atoms with Crippen molar-refractivity contribution in [3.8, 4) is 0 Å². The Morgan fingerprint density at radius 3 is 3.15 bits per heavy atom. The predicted molar refractivity (Wildman–Crippen MR) is 76.4 cm³/mol. The number of rotatable bonds is 1. The molecule has 0 bridgehead atoms. The number of aromatic nitrogens is 4. The van der Waals surface area contributed by atoms with Gasteiger partial charge in [0.1, 0.15) is 6.33 Å². The van der Waals surface area contributed by atoms with Crippen LogP contribution >= 0.6 is 0 Å². The van der Waals surface area contributed by atoms with E-state index in [9.17, 15) is 0 Å². The summed E-state index contributed by atoms with van der Waals surface area (Å²) in [5.74, 6) is 0.873. The summed E-state index contributed by atoms with van der Waals surface area (Å²) in [5.41, 5.74) is 10.2. The molecule has 1 aliphatic rings. The molecule has 6 nitrogen and oxygen atoms in total. The lowest BCUT2D eigenvalue weighted by Crippen LogP contribution is -2.31. The molecule has 0 radical (unpaired) electrons. The Balaban J connectivity index is 1.77. The van der Waals surface area contributed by atoms with E-state index in [1.807, 2.05) is 22.7 Å². The number of nitrogens with zero attached hydrogens (tertiary/aromatic N) is 5. The standard InChI is InChI=1S/C14H14N6/c15-12-3-1-2-10-8-19(6-4-11(10)12)13-14-18-17-9-20(14)7-5-16-13/h1-3,5,7,9H,4,6,8,15H2. The van der Waals surface area contributed by atoms with Crippen molar-refractivity contribution in [1.29, 1.82) is 0 Å². The number of fused-ring (bicyclic) bond motifs is 2. The maximum Gasteiger partial charge on any atom is 0.203 e. The van der Waals surface area contributed by atoms with Crippen LogP contribution in [0.4, 0.5) is 11.5 Å². The van der Waals surface area contributed by atoms with Crippen molar-refractivity contribution in [2.75, 3.05) is 17.2 Å². The largest absolute Gasteiger partial charge is 0.398 e. The van der Waals surface area contributed by atoms with Crippen LogP contribution in [0, 0.1) is 0 Å². The number of nitrogens with two attached hydrogens (primary N) is 1. The van der Waals surface area contributed by atoms with E-state index in [2.05, 4.69) is 26.1 Å². The average Bonchev–Trinajstić information content (AvgIpc) is 2.95. The third kappa shape index (κ3) is 1.61. The van der Waals surface area contributed by atoms with Gasteiger partial charge in [-0.3, -0.25) is 4.40 Å². The summed E-state index contributed by atoms with van der Waals surface area (Å²) in [6.45, 7) is 1.70. The smallest absolute Gasteiger partial charge is 0.203 e. The van der Waals surface area contributed by atoms with Gasteiger partial charge >= 0.3 is 0 Å². The van der Waals surface area contributed by atoms with Crippen LogP contribution in [0.15, 0.2) is 36.9 Å². The third-order valence-electron chi connectivity index (χ3n) is 3.80. The molecular formula is C14H14N6. The number of hydrogen-bond donors (Lipinski definition) is 1. The molecule has 0 unspecified atom stereocenters. The van der Waals surface area contributed by atoms with Gasteiger partial charge in [-0.15, -0.1) is 10.2 Å². The van der Waals surface area contributed by atoms with E-state index in [-0.39, 0.29) is 0 Å². The first-order valence-corrected chi connectivity index (χ1v) is 6.58. The molecule has 0 saturated heterocycles. The van der Waals surface area contributed by atoms with Gasteiger partial charge in [0.15, 0.2) is 5.82 Å². The highest BCUT2D eigenvalue weighted by atomic mass is 15.3. The minimum atomic E-state index is 0.792. The van der Waals surface area contributed by atoms with Crippen molar-refractivity contribution < 1.29 is 0 Å². The van der Waals surface area contributed by atoms with Crippen molar-refractivity contribution >= 4 is 17.2 Å². The Kier molecular flexibility index (Phi) is 2.35. The van der Waals surface area contributed by atoms with E-state index < -0.39 is 0 Å². The van der Waals surface area contributed by atoms with E-state index >= 15 is 0 Å². The summed E-state index contributed by atoms with van der Waals surface area (Å²) >= 11 is 0. The van der Waals surface area contributed by atoms with Crippen molar-refractivity contribution in [1.82, 2.24) is 19.6 Å². The summed E-state index contributed by atoms with van der Waals surface area (Å²) < 4.78 is 1.89. The van der Waals surface area contributed by atoms with E-state index in [1.54, 1.807) is 12.5 Å².